The van der Waals surface area contributed by atoms with E-state index in [9.17, 15) is 9.59 Å². The summed E-state index contributed by atoms with van der Waals surface area (Å²) in [7, 11) is 0. The topological polar surface area (TPSA) is 97.5 Å². The van der Waals surface area contributed by atoms with Gasteiger partial charge in [0.15, 0.2) is 0 Å². The summed E-state index contributed by atoms with van der Waals surface area (Å²) >= 11 is 0. The number of carbonyl (C=O) groups excluding carboxylic acids is 2. The first kappa shape index (κ1) is 23.0. The van der Waals surface area contributed by atoms with Crippen molar-refractivity contribution in [3.63, 3.8) is 0 Å². The number of hydrogen-bond acceptors (Lipinski definition) is 7. The van der Waals surface area contributed by atoms with E-state index >= 15 is 0 Å². The van der Waals surface area contributed by atoms with Crippen LogP contribution in [0, 0.1) is 0 Å². The molecule has 2 saturated heterocycles. The van der Waals surface area contributed by atoms with Crippen molar-refractivity contribution in [1.82, 2.24) is 4.90 Å². The summed E-state index contributed by atoms with van der Waals surface area (Å²) in [5, 5.41) is 3.50. The van der Waals surface area contributed by atoms with Crippen molar-refractivity contribution in [3.8, 4) is 0 Å². The molecular formula is C20H29ClN4O4. The van der Waals surface area contributed by atoms with Crippen molar-refractivity contribution in [3.05, 3.63) is 29.8 Å². The number of amides is 1. The van der Waals surface area contributed by atoms with E-state index in [1.165, 1.54) is 0 Å². The van der Waals surface area contributed by atoms with E-state index in [2.05, 4.69) is 10.0 Å². The summed E-state index contributed by atoms with van der Waals surface area (Å²) in [5.41, 5.74) is 1.27. The first-order chi connectivity index (χ1) is 13.5. The molecule has 0 unspecified atom stereocenters. The molecule has 8 nitrogen and oxygen atoms in total. The molecule has 29 heavy (non-hydrogen) atoms. The predicted molar refractivity (Wildman–Crippen MR) is 114 cm³/mol. The molecule has 2 aliphatic heterocycles. The van der Waals surface area contributed by atoms with Gasteiger partial charge in [-0.1, -0.05) is 12.1 Å². The number of rotatable bonds is 7. The van der Waals surface area contributed by atoms with Crippen LogP contribution in [0.15, 0.2) is 29.4 Å². The number of ether oxygens (including phenoxy) is 2. The molecule has 1 aromatic carbocycles. The molecule has 9 heteroatoms. The Morgan fingerprint density at radius 1 is 1.31 bits per heavy atom. The molecule has 0 atom stereocenters. The first-order valence-electron chi connectivity index (χ1n) is 9.77. The number of nitrogens with two attached hydrogens (primary N) is 1. The van der Waals surface area contributed by atoms with E-state index in [1.54, 1.807) is 11.1 Å². The largest absolute Gasteiger partial charge is 0.466 e. The molecule has 0 aliphatic carbocycles. The lowest BCUT2D eigenvalue weighted by Gasteiger charge is -2.37. The van der Waals surface area contributed by atoms with Crippen LogP contribution < -0.4 is 10.7 Å². The summed E-state index contributed by atoms with van der Waals surface area (Å²) in [6.07, 6.45) is 4.10. The number of halogens is 1. The standard InChI is InChI=1S/C20H28N4O4.ClH/c1-2-27-18(25)4-3-11-23-12-9-20(10-13-23)15-24(19(26)28-20)17-7-5-16(6-8-17)14-22-21;/h5-8,14H,2-4,9-13,15,21H2,1H3;1H. The molecular weight excluding hydrogens is 396 g/mol. The quantitative estimate of drug-likeness (QED) is 0.312. The normalized spacial score (nSPS) is 18.7. The average molecular weight is 425 g/mol. The Morgan fingerprint density at radius 3 is 2.62 bits per heavy atom. The third-order valence-corrected chi connectivity index (χ3v) is 5.33. The smallest absolute Gasteiger partial charge is 0.415 e. The average Bonchev–Trinajstić information content (AvgIpc) is 3.01. The second-order valence-corrected chi connectivity index (χ2v) is 7.26. The molecule has 1 aromatic rings. The monoisotopic (exact) mass is 424 g/mol. The number of piperidine rings is 1. The van der Waals surface area contributed by atoms with Crippen molar-refractivity contribution in [1.29, 1.82) is 0 Å². The zero-order chi connectivity index (χ0) is 20.0. The molecule has 2 fully saturated rings. The highest BCUT2D eigenvalue weighted by atomic mass is 35.5. The third-order valence-electron chi connectivity index (χ3n) is 5.33. The Balaban J connectivity index is 0.00000300. The van der Waals surface area contributed by atoms with Gasteiger partial charge in [0, 0.05) is 38.0 Å². The van der Waals surface area contributed by atoms with Crippen LogP contribution >= 0.6 is 12.4 Å². The second kappa shape index (κ2) is 10.5. The van der Waals surface area contributed by atoms with Crippen LogP contribution in [0.2, 0.25) is 0 Å². The Morgan fingerprint density at radius 2 is 2.00 bits per heavy atom. The van der Waals surface area contributed by atoms with Gasteiger partial charge in [-0.05, 0) is 37.6 Å². The second-order valence-electron chi connectivity index (χ2n) is 7.26. The lowest BCUT2D eigenvalue weighted by molar-refractivity contribution is -0.143. The molecule has 2 N–H and O–H groups in total. The van der Waals surface area contributed by atoms with E-state index in [0.29, 0.717) is 19.6 Å². The maximum atomic E-state index is 12.4. The van der Waals surface area contributed by atoms with Gasteiger partial charge in [0.2, 0.25) is 0 Å². The SMILES string of the molecule is CCOC(=O)CCCN1CCC2(CC1)CN(c1ccc(C=NN)cc1)C(=O)O2.Cl. The summed E-state index contributed by atoms with van der Waals surface area (Å²) in [6, 6.07) is 7.50. The molecule has 1 amide bonds. The van der Waals surface area contributed by atoms with Gasteiger partial charge >= 0.3 is 12.1 Å². The molecule has 3 rings (SSSR count). The molecule has 0 bridgehead atoms. The van der Waals surface area contributed by atoms with Gasteiger partial charge in [0.1, 0.15) is 5.60 Å². The highest BCUT2D eigenvalue weighted by molar-refractivity contribution is 5.91. The Hall–Kier alpha value is -2.32. The fraction of sp³-hybridized carbons (Fsp3) is 0.550. The van der Waals surface area contributed by atoms with Gasteiger partial charge in [-0.2, -0.15) is 5.10 Å². The van der Waals surface area contributed by atoms with Gasteiger partial charge in [-0.15, -0.1) is 12.4 Å². The third kappa shape index (κ3) is 5.83. The van der Waals surface area contributed by atoms with Gasteiger partial charge in [-0.3, -0.25) is 9.69 Å². The molecule has 0 saturated carbocycles. The minimum Gasteiger partial charge on any atom is -0.466 e. The molecule has 0 radical (unpaired) electrons. The number of carbonyl (C=O) groups is 2. The fourth-order valence-corrected chi connectivity index (χ4v) is 3.77. The van der Waals surface area contributed by atoms with Crippen LogP contribution in [0.3, 0.4) is 0 Å². The van der Waals surface area contributed by atoms with Gasteiger partial charge in [0.05, 0.1) is 19.4 Å². The number of esters is 1. The number of likely N-dealkylation sites (tertiary alicyclic amines) is 1. The maximum absolute atomic E-state index is 12.4. The predicted octanol–water partition coefficient (Wildman–Crippen LogP) is 2.54. The van der Waals surface area contributed by atoms with Crippen molar-refractivity contribution in [2.45, 2.75) is 38.2 Å². The highest BCUT2D eigenvalue weighted by Crippen LogP contribution is 2.35. The van der Waals surface area contributed by atoms with E-state index < -0.39 is 5.60 Å². The van der Waals surface area contributed by atoms with Crippen LogP contribution in [-0.2, 0) is 14.3 Å². The van der Waals surface area contributed by atoms with Crippen LogP contribution in [-0.4, -0.2) is 61.6 Å². The van der Waals surface area contributed by atoms with E-state index in [4.69, 9.17) is 15.3 Å². The van der Waals surface area contributed by atoms with Gasteiger partial charge in [0.25, 0.3) is 0 Å². The van der Waals surface area contributed by atoms with Crippen molar-refractivity contribution in [2.75, 3.05) is 37.7 Å². The van der Waals surface area contributed by atoms with Crippen molar-refractivity contribution < 1.29 is 19.1 Å². The Labute approximate surface area is 177 Å². The van der Waals surface area contributed by atoms with Gasteiger partial charge in [-0.25, -0.2) is 4.79 Å². The Bertz CT molecular complexity index is 718. The Kier molecular flexibility index (Phi) is 8.28. The van der Waals surface area contributed by atoms with Crippen molar-refractivity contribution in [2.24, 2.45) is 10.9 Å². The molecule has 160 valence electrons. The number of hydrazone groups is 1. The summed E-state index contributed by atoms with van der Waals surface area (Å²) in [6.45, 7) is 5.38. The van der Waals surface area contributed by atoms with Crippen LogP contribution in [0.1, 0.15) is 38.2 Å². The minimum atomic E-state index is -0.424. The maximum Gasteiger partial charge on any atom is 0.415 e. The zero-order valence-corrected chi connectivity index (χ0v) is 17.5. The van der Waals surface area contributed by atoms with Crippen LogP contribution in [0.25, 0.3) is 0 Å². The number of nitrogens with zero attached hydrogens (tertiary/aromatic N) is 3. The number of anilines is 1. The van der Waals surface area contributed by atoms with E-state index in [-0.39, 0.29) is 24.5 Å². The molecule has 1 spiro atoms. The molecule has 0 aromatic heterocycles. The number of hydrogen-bond donors (Lipinski definition) is 1. The summed E-state index contributed by atoms with van der Waals surface area (Å²) in [4.78, 5) is 27.9. The number of benzene rings is 1. The van der Waals surface area contributed by atoms with Gasteiger partial charge < -0.3 is 20.2 Å². The fourth-order valence-electron chi connectivity index (χ4n) is 3.77. The lowest BCUT2D eigenvalue weighted by atomic mass is 9.91. The summed E-state index contributed by atoms with van der Waals surface area (Å²) < 4.78 is 10.8. The minimum absolute atomic E-state index is 0. The first-order valence-corrected chi connectivity index (χ1v) is 9.77. The zero-order valence-electron chi connectivity index (χ0n) is 16.7. The molecule has 2 heterocycles. The van der Waals surface area contributed by atoms with Crippen LogP contribution in [0.4, 0.5) is 10.5 Å². The van der Waals surface area contributed by atoms with E-state index in [0.717, 1.165) is 50.1 Å². The highest BCUT2D eigenvalue weighted by Gasteiger charge is 2.47. The lowest BCUT2D eigenvalue weighted by Crippen LogP contribution is -2.47. The summed E-state index contributed by atoms with van der Waals surface area (Å²) in [5.74, 6) is 5.03. The van der Waals surface area contributed by atoms with Crippen LogP contribution in [0.5, 0.6) is 0 Å². The van der Waals surface area contributed by atoms with E-state index in [1.807, 2.05) is 31.2 Å². The molecule has 2 aliphatic rings. The van der Waals surface area contributed by atoms with Crippen molar-refractivity contribution >= 4 is 36.4 Å².